The Morgan fingerprint density at radius 1 is 0.952 bits per heavy atom. The first kappa shape index (κ1) is 14.6. The zero-order valence-corrected chi connectivity index (χ0v) is 13.5. The first-order chi connectivity index (χ1) is 10.1. The summed E-state index contributed by atoms with van der Waals surface area (Å²) in [7, 11) is 0. The summed E-state index contributed by atoms with van der Waals surface area (Å²) in [4.78, 5) is 0. The molecule has 21 heavy (non-hydrogen) atoms. The zero-order chi connectivity index (χ0) is 14.8. The highest BCUT2D eigenvalue weighted by Crippen LogP contribution is 2.29. The maximum Gasteiger partial charge on any atom is 0.137 e. The van der Waals surface area contributed by atoms with E-state index in [4.69, 9.17) is 11.6 Å². The molecule has 0 aliphatic carbocycles. The van der Waals surface area contributed by atoms with Gasteiger partial charge >= 0.3 is 0 Å². The van der Waals surface area contributed by atoms with E-state index in [0.717, 1.165) is 5.56 Å². The third-order valence-electron chi connectivity index (χ3n) is 3.53. The molecule has 0 aromatic heterocycles. The summed E-state index contributed by atoms with van der Waals surface area (Å²) in [6.07, 6.45) is 0.713. The minimum absolute atomic E-state index is 0.178. The summed E-state index contributed by atoms with van der Waals surface area (Å²) in [5, 5.41) is 2.25. The van der Waals surface area contributed by atoms with E-state index < -0.39 is 0 Å². The van der Waals surface area contributed by atoms with Crippen LogP contribution in [-0.2, 0) is 6.42 Å². The van der Waals surface area contributed by atoms with E-state index >= 15 is 0 Å². The Kier molecular flexibility index (Phi) is 4.27. The smallest absolute Gasteiger partial charge is 0.137 e. The number of hydrogen-bond acceptors (Lipinski definition) is 0. The molecule has 0 nitrogen and oxygen atoms in total. The van der Waals surface area contributed by atoms with Crippen LogP contribution in [0.15, 0.2) is 65.1 Å². The van der Waals surface area contributed by atoms with Gasteiger partial charge in [-0.3, -0.25) is 0 Å². The zero-order valence-electron chi connectivity index (χ0n) is 11.2. The number of benzene rings is 3. The van der Waals surface area contributed by atoms with Crippen LogP contribution in [0.2, 0.25) is 0 Å². The van der Waals surface area contributed by atoms with Gasteiger partial charge < -0.3 is 0 Å². The molecule has 0 spiro atoms. The second kappa shape index (κ2) is 6.17. The topological polar surface area (TPSA) is 0 Å². The van der Waals surface area contributed by atoms with E-state index in [9.17, 15) is 4.39 Å². The van der Waals surface area contributed by atoms with Crippen LogP contribution in [0.3, 0.4) is 0 Å². The summed E-state index contributed by atoms with van der Waals surface area (Å²) in [6.45, 7) is 0. The van der Waals surface area contributed by atoms with Crippen LogP contribution >= 0.6 is 27.5 Å². The van der Waals surface area contributed by atoms with Gasteiger partial charge in [-0.25, -0.2) is 4.39 Å². The third-order valence-corrected chi connectivity index (χ3v) is 4.55. The minimum atomic E-state index is -0.270. The van der Waals surface area contributed by atoms with Gasteiger partial charge in [0, 0.05) is 0 Å². The van der Waals surface area contributed by atoms with Crippen LogP contribution in [0.5, 0.6) is 0 Å². The van der Waals surface area contributed by atoms with Gasteiger partial charge in [-0.05, 0) is 56.4 Å². The summed E-state index contributed by atoms with van der Waals surface area (Å²) >= 11 is 9.67. The van der Waals surface area contributed by atoms with Crippen LogP contribution in [0, 0.1) is 5.82 Å². The number of rotatable bonds is 3. The molecule has 1 atom stereocenters. The average molecular weight is 364 g/mol. The highest BCUT2D eigenvalue weighted by molar-refractivity contribution is 9.10. The second-order valence-corrected chi connectivity index (χ2v) is 6.41. The van der Waals surface area contributed by atoms with Crippen LogP contribution < -0.4 is 0 Å². The summed E-state index contributed by atoms with van der Waals surface area (Å²) in [6, 6.07) is 19.5. The van der Waals surface area contributed by atoms with Crippen molar-refractivity contribution in [1.29, 1.82) is 0 Å². The van der Waals surface area contributed by atoms with Gasteiger partial charge in [-0.2, -0.15) is 0 Å². The van der Waals surface area contributed by atoms with Crippen LogP contribution in [0.4, 0.5) is 4.39 Å². The van der Waals surface area contributed by atoms with Gasteiger partial charge in [-0.15, -0.1) is 11.6 Å². The van der Waals surface area contributed by atoms with Gasteiger partial charge in [0.2, 0.25) is 0 Å². The van der Waals surface area contributed by atoms with Gasteiger partial charge in [0.05, 0.1) is 9.85 Å². The summed E-state index contributed by atoms with van der Waals surface area (Å²) < 4.78 is 13.7. The number of hydrogen-bond donors (Lipinski definition) is 0. The Morgan fingerprint density at radius 2 is 1.71 bits per heavy atom. The first-order valence-electron chi connectivity index (χ1n) is 6.70. The molecule has 0 amide bonds. The predicted octanol–water partition coefficient (Wildman–Crippen LogP) is 6.26. The summed E-state index contributed by atoms with van der Waals surface area (Å²) in [5.41, 5.74) is 2.09. The molecule has 0 aliphatic heterocycles. The van der Waals surface area contributed by atoms with Crippen molar-refractivity contribution in [1.82, 2.24) is 0 Å². The first-order valence-corrected chi connectivity index (χ1v) is 7.93. The fourth-order valence-electron chi connectivity index (χ4n) is 2.40. The van der Waals surface area contributed by atoms with Crippen molar-refractivity contribution in [2.24, 2.45) is 0 Å². The monoisotopic (exact) mass is 362 g/mol. The largest absolute Gasteiger partial charge is 0.206 e. The molecule has 0 saturated heterocycles. The highest BCUT2D eigenvalue weighted by atomic mass is 79.9. The number of halogens is 3. The molecule has 0 saturated carbocycles. The molecule has 3 aromatic carbocycles. The molecule has 0 bridgehead atoms. The van der Waals surface area contributed by atoms with Crippen molar-refractivity contribution >= 4 is 38.3 Å². The predicted molar refractivity (Wildman–Crippen MR) is 90.3 cm³/mol. The molecule has 0 fully saturated rings. The molecule has 0 aliphatic rings. The van der Waals surface area contributed by atoms with Crippen LogP contribution in [-0.4, -0.2) is 0 Å². The number of alkyl halides is 1. The van der Waals surface area contributed by atoms with Crippen molar-refractivity contribution in [3.05, 3.63) is 82.1 Å². The Balaban J connectivity index is 1.85. The minimum Gasteiger partial charge on any atom is -0.206 e. The quantitative estimate of drug-likeness (QED) is 0.481. The molecule has 3 rings (SSSR count). The van der Waals surface area contributed by atoms with E-state index in [1.165, 1.54) is 22.4 Å². The van der Waals surface area contributed by atoms with Gasteiger partial charge in [0.25, 0.3) is 0 Å². The van der Waals surface area contributed by atoms with Crippen molar-refractivity contribution in [2.75, 3.05) is 0 Å². The van der Waals surface area contributed by atoms with Gasteiger partial charge in [-0.1, -0.05) is 48.5 Å². The van der Waals surface area contributed by atoms with Crippen molar-refractivity contribution in [3.63, 3.8) is 0 Å². The van der Waals surface area contributed by atoms with Gasteiger partial charge in [0.15, 0.2) is 0 Å². The fourth-order valence-corrected chi connectivity index (χ4v) is 3.11. The molecule has 0 heterocycles. The lowest BCUT2D eigenvalue weighted by molar-refractivity contribution is 0.620. The van der Waals surface area contributed by atoms with E-state index in [-0.39, 0.29) is 11.2 Å². The molecule has 0 N–H and O–H groups in total. The Bertz CT molecular complexity index is 785. The van der Waals surface area contributed by atoms with E-state index in [1.54, 1.807) is 12.1 Å². The lowest BCUT2D eigenvalue weighted by Crippen LogP contribution is -1.96. The Hall–Kier alpha value is -1.38. The third kappa shape index (κ3) is 3.28. The Morgan fingerprint density at radius 3 is 2.48 bits per heavy atom. The Labute approximate surface area is 136 Å². The average Bonchev–Trinajstić information content (AvgIpc) is 2.50. The standard InChI is InChI=1S/C18H13BrClF/c19-16-11-15(7-8-18(16)21)17(20)10-12-5-6-13-3-1-2-4-14(13)9-12/h1-9,11,17H,10H2. The maximum absolute atomic E-state index is 13.3. The molecule has 0 radical (unpaired) electrons. The van der Waals surface area contributed by atoms with Crippen molar-refractivity contribution < 1.29 is 4.39 Å². The molecular formula is C18H13BrClF. The van der Waals surface area contributed by atoms with E-state index in [2.05, 4.69) is 46.3 Å². The second-order valence-electron chi connectivity index (χ2n) is 5.03. The molecule has 1 unspecified atom stereocenters. The highest BCUT2D eigenvalue weighted by Gasteiger charge is 2.11. The lowest BCUT2D eigenvalue weighted by atomic mass is 10.0. The molecule has 3 aromatic rings. The normalized spacial score (nSPS) is 12.5. The molecule has 3 heteroatoms. The maximum atomic E-state index is 13.3. The van der Waals surface area contributed by atoms with E-state index in [0.29, 0.717) is 10.9 Å². The van der Waals surface area contributed by atoms with Gasteiger partial charge in [0.1, 0.15) is 5.82 Å². The van der Waals surface area contributed by atoms with E-state index in [1.807, 2.05) is 12.1 Å². The van der Waals surface area contributed by atoms with Crippen molar-refractivity contribution in [3.8, 4) is 0 Å². The summed E-state index contributed by atoms with van der Waals surface area (Å²) in [5.74, 6) is -0.270. The lowest BCUT2D eigenvalue weighted by Gasteiger charge is -2.11. The van der Waals surface area contributed by atoms with Crippen LogP contribution in [0.1, 0.15) is 16.5 Å². The SMILES string of the molecule is Fc1ccc(C(Cl)Cc2ccc3ccccc3c2)cc1Br. The fraction of sp³-hybridized carbons (Fsp3) is 0.111. The van der Waals surface area contributed by atoms with Crippen molar-refractivity contribution in [2.45, 2.75) is 11.8 Å². The molecule has 106 valence electrons. The molecular weight excluding hydrogens is 351 g/mol. The number of fused-ring (bicyclic) bond motifs is 1. The van der Waals surface area contributed by atoms with Crippen LogP contribution in [0.25, 0.3) is 10.8 Å².